The molecule has 0 aromatic rings. The molecule has 0 aromatic heterocycles. The Labute approximate surface area is 83.4 Å². The lowest BCUT2D eigenvalue weighted by molar-refractivity contribution is -0.131. The Hall–Kier alpha value is -1.52. The molecule has 0 bridgehead atoms. The minimum atomic E-state index is -1.02. The van der Waals surface area contributed by atoms with E-state index in [1.165, 1.54) is 11.1 Å². The third-order valence-corrected chi connectivity index (χ3v) is 1.44. The molecule has 0 heterocycles. The van der Waals surface area contributed by atoms with E-state index < -0.39 is 5.97 Å². The van der Waals surface area contributed by atoms with Crippen molar-refractivity contribution < 1.29 is 14.7 Å². The van der Waals surface area contributed by atoms with Crippen molar-refractivity contribution in [2.75, 3.05) is 20.1 Å². The summed E-state index contributed by atoms with van der Waals surface area (Å²) in [6.07, 6.45) is 3.24. The molecule has 0 aliphatic rings. The molecule has 0 spiro atoms. The highest BCUT2D eigenvalue weighted by molar-refractivity contribution is 5.80. The molecule has 5 heteroatoms. The molecule has 0 rings (SSSR count). The number of aliphatic carboxylic acids is 1. The van der Waals surface area contributed by atoms with Gasteiger partial charge in [0.15, 0.2) is 0 Å². The molecular formula is C9H16N2O3. The fourth-order valence-corrected chi connectivity index (χ4v) is 0.791. The first-order valence-electron chi connectivity index (χ1n) is 4.44. The fraction of sp³-hybridized carbons (Fsp3) is 0.556. The summed E-state index contributed by atoms with van der Waals surface area (Å²) in [5.74, 6) is -1.13. The molecule has 0 aromatic carbocycles. The van der Waals surface area contributed by atoms with Crippen molar-refractivity contribution in [2.24, 2.45) is 0 Å². The molecule has 0 fully saturated rings. The lowest BCUT2D eigenvalue weighted by Gasteiger charge is -2.12. The van der Waals surface area contributed by atoms with E-state index in [1.807, 2.05) is 6.92 Å². The third-order valence-electron chi connectivity index (χ3n) is 1.44. The summed E-state index contributed by atoms with van der Waals surface area (Å²) in [5, 5.41) is 11.0. The minimum Gasteiger partial charge on any atom is -0.478 e. The lowest BCUT2D eigenvalue weighted by Crippen LogP contribution is -2.33. The maximum absolute atomic E-state index is 11.1. The average Bonchev–Trinajstić information content (AvgIpc) is 2.11. The van der Waals surface area contributed by atoms with Crippen LogP contribution in [0.2, 0.25) is 0 Å². The first kappa shape index (κ1) is 12.5. The van der Waals surface area contributed by atoms with Gasteiger partial charge in [-0.15, -0.1) is 0 Å². The van der Waals surface area contributed by atoms with Crippen LogP contribution in [0.3, 0.4) is 0 Å². The highest BCUT2D eigenvalue weighted by atomic mass is 16.4. The first-order valence-corrected chi connectivity index (χ1v) is 4.44. The maximum atomic E-state index is 11.1. The van der Waals surface area contributed by atoms with E-state index in [2.05, 4.69) is 5.32 Å². The Balaban J connectivity index is 3.76. The third kappa shape index (κ3) is 7.15. The number of likely N-dealkylation sites (N-methyl/N-ethyl adjacent to an activating group) is 1. The van der Waals surface area contributed by atoms with Gasteiger partial charge in [-0.2, -0.15) is 0 Å². The Bertz CT molecular complexity index is 226. The van der Waals surface area contributed by atoms with Gasteiger partial charge < -0.3 is 15.3 Å². The molecule has 0 unspecified atom stereocenters. The SMILES string of the molecule is CCCNC(=O)CN(C)C=CC(=O)O. The summed E-state index contributed by atoms with van der Waals surface area (Å²) in [6.45, 7) is 2.79. The average molecular weight is 200 g/mol. The zero-order chi connectivity index (χ0) is 11.0. The van der Waals surface area contributed by atoms with Gasteiger partial charge in [0, 0.05) is 25.9 Å². The van der Waals surface area contributed by atoms with Crippen LogP contribution in [0.5, 0.6) is 0 Å². The summed E-state index contributed by atoms with van der Waals surface area (Å²) < 4.78 is 0. The molecule has 0 radical (unpaired) electrons. The van der Waals surface area contributed by atoms with Crippen LogP contribution in [0.25, 0.3) is 0 Å². The largest absolute Gasteiger partial charge is 0.478 e. The van der Waals surface area contributed by atoms with E-state index in [0.717, 1.165) is 12.5 Å². The number of hydrogen-bond acceptors (Lipinski definition) is 3. The number of amides is 1. The second kappa shape index (κ2) is 6.94. The van der Waals surface area contributed by atoms with Crippen LogP contribution < -0.4 is 5.32 Å². The molecule has 0 atom stereocenters. The van der Waals surface area contributed by atoms with Gasteiger partial charge in [0.1, 0.15) is 0 Å². The number of carboxylic acids is 1. The quantitative estimate of drug-likeness (QED) is 0.594. The van der Waals surface area contributed by atoms with Crippen molar-refractivity contribution >= 4 is 11.9 Å². The number of carbonyl (C=O) groups is 2. The van der Waals surface area contributed by atoms with E-state index in [-0.39, 0.29) is 12.5 Å². The molecular weight excluding hydrogens is 184 g/mol. The molecule has 14 heavy (non-hydrogen) atoms. The number of carbonyl (C=O) groups excluding carboxylic acids is 1. The van der Waals surface area contributed by atoms with Crippen LogP contribution in [0.1, 0.15) is 13.3 Å². The Kier molecular flexibility index (Phi) is 6.19. The fourth-order valence-electron chi connectivity index (χ4n) is 0.791. The van der Waals surface area contributed by atoms with Crippen molar-refractivity contribution in [3.05, 3.63) is 12.3 Å². The molecule has 0 saturated carbocycles. The van der Waals surface area contributed by atoms with Crippen LogP contribution in [-0.2, 0) is 9.59 Å². The van der Waals surface area contributed by atoms with Gasteiger partial charge in [-0.1, -0.05) is 6.92 Å². The van der Waals surface area contributed by atoms with Crippen LogP contribution in [-0.4, -0.2) is 42.0 Å². The number of rotatable bonds is 6. The van der Waals surface area contributed by atoms with Crippen molar-refractivity contribution in [3.8, 4) is 0 Å². The highest BCUT2D eigenvalue weighted by Crippen LogP contribution is 1.84. The molecule has 0 aliphatic heterocycles. The van der Waals surface area contributed by atoms with Gasteiger partial charge >= 0.3 is 5.97 Å². The number of nitrogens with one attached hydrogen (secondary N) is 1. The highest BCUT2D eigenvalue weighted by Gasteiger charge is 2.01. The Morgan fingerprint density at radius 2 is 2.14 bits per heavy atom. The Morgan fingerprint density at radius 3 is 2.64 bits per heavy atom. The smallest absolute Gasteiger partial charge is 0.329 e. The van der Waals surface area contributed by atoms with Crippen molar-refractivity contribution in [3.63, 3.8) is 0 Å². The van der Waals surface area contributed by atoms with Crippen LogP contribution in [0.15, 0.2) is 12.3 Å². The number of nitrogens with zero attached hydrogens (tertiary/aromatic N) is 1. The van der Waals surface area contributed by atoms with E-state index in [0.29, 0.717) is 6.54 Å². The second-order valence-corrected chi connectivity index (χ2v) is 2.92. The van der Waals surface area contributed by atoms with E-state index in [9.17, 15) is 9.59 Å². The van der Waals surface area contributed by atoms with E-state index in [4.69, 9.17) is 5.11 Å². The molecule has 5 nitrogen and oxygen atoms in total. The summed E-state index contributed by atoms with van der Waals surface area (Å²) in [5.41, 5.74) is 0. The van der Waals surface area contributed by atoms with Crippen molar-refractivity contribution in [1.82, 2.24) is 10.2 Å². The molecule has 0 aliphatic carbocycles. The summed E-state index contributed by atoms with van der Waals surface area (Å²) in [4.78, 5) is 22.8. The normalized spacial score (nSPS) is 10.1. The molecule has 2 N–H and O–H groups in total. The predicted octanol–water partition coefficient (Wildman–Crippen LogP) is 0.0427. The monoisotopic (exact) mass is 200 g/mol. The zero-order valence-electron chi connectivity index (χ0n) is 8.49. The number of carboxylic acid groups (broad SMARTS) is 1. The topological polar surface area (TPSA) is 69.6 Å². The minimum absolute atomic E-state index is 0.107. The maximum Gasteiger partial charge on any atom is 0.329 e. The van der Waals surface area contributed by atoms with Crippen molar-refractivity contribution in [2.45, 2.75) is 13.3 Å². The van der Waals surface area contributed by atoms with Gasteiger partial charge in [0.25, 0.3) is 0 Å². The number of hydrogen-bond donors (Lipinski definition) is 2. The van der Waals surface area contributed by atoms with Gasteiger partial charge in [0.05, 0.1) is 6.54 Å². The first-order chi connectivity index (χ1) is 6.56. The Morgan fingerprint density at radius 1 is 1.50 bits per heavy atom. The predicted molar refractivity (Wildman–Crippen MR) is 52.7 cm³/mol. The van der Waals surface area contributed by atoms with Gasteiger partial charge in [-0.3, -0.25) is 4.79 Å². The molecule has 0 saturated heterocycles. The summed E-state index contributed by atoms with van der Waals surface area (Å²) in [6, 6.07) is 0. The van der Waals surface area contributed by atoms with Crippen LogP contribution in [0.4, 0.5) is 0 Å². The van der Waals surface area contributed by atoms with Crippen molar-refractivity contribution in [1.29, 1.82) is 0 Å². The van der Waals surface area contributed by atoms with Crippen LogP contribution >= 0.6 is 0 Å². The molecule has 80 valence electrons. The molecule has 1 amide bonds. The lowest BCUT2D eigenvalue weighted by atomic mass is 10.4. The summed E-state index contributed by atoms with van der Waals surface area (Å²) in [7, 11) is 1.64. The van der Waals surface area contributed by atoms with Gasteiger partial charge in [-0.25, -0.2) is 4.79 Å². The summed E-state index contributed by atoms with van der Waals surface area (Å²) >= 11 is 0. The standard InChI is InChI=1S/C9H16N2O3/c1-3-5-10-8(12)7-11(2)6-4-9(13)14/h4,6H,3,5,7H2,1-2H3,(H,10,12)(H,13,14). The van der Waals surface area contributed by atoms with E-state index >= 15 is 0 Å². The van der Waals surface area contributed by atoms with E-state index in [1.54, 1.807) is 7.05 Å². The van der Waals surface area contributed by atoms with Crippen LogP contribution in [0, 0.1) is 0 Å². The zero-order valence-corrected chi connectivity index (χ0v) is 8.49. The van der Waals surface area contributed by atoms with Gasteiger partial charge in [0.2, 0.25) is 5.91 Å². The second-order valence-electron chi connectivity index (χ2n) is 2.92. The van der Waals surface area contributed by atoms with Gasteiger partial charge in [-0.05, 0) is 6.42 Å².